The molecule has 0 aliphatic rings. The van der Waals surface area contributed by atoms with Crippen molar-refractivity contribution in [3.8, 4) is 5.75 Å². The Morgan fingerprint density at radius 3 is 2.71 bits per heavy atom. The second-order valence-corrected chi connectivity index (χ2v) is 6.46. The summed E-state index contributed by atoms with van der Waals surface area (Å²) in [6, 6.07) is 7.86. The summed E-state index contributed by atoms with van der Waals surface area (Å²) in [6.45, 7) is 6.76. The number of pyridine rings is 1. The van der Waals surface area contributed by atoms with Crippen molar-refractivity contribution in [2.24, 2.45) is 0 Å². The number of ether oxygens (including phenoxy) is 2. The number of fused-ring (bicyclic) bond motifs is 1. The molecule has 6 nitrogen and oxygen atoms in total. The standard InChI is InChI=1S/C18H25N3O3/c1-18(2,3)24-17(22)21-10-5-9-19-16-15-12-14(23-4)7-6-13(15)8-11-20-16/h6-8,11-12H,5,9-10H2,1-4H3,(H,19,20)(H,21,22). The van der Waals surface area contributed by atoms with E-state index in [-0.39, 0.29) is 0 Å². The largest absolute Gasteiger partial charge is 0.497 e. The summed E-state index contributed by atoms with van der Waals surface area (Å²) in [5.41, 5.74) is -0.478. The SMILES string of the molecule is COc1ccc2ccnc(NCCCNC(=O)OC(C)(C)C)c2c1. The molecule has 0 saturated heterocycles. The van der Waals surface area contributed by atoms with Gasteiger partial charge in [0.25, 0.3) is 0 Å². The van der Waals surface area contributed by atoms with Gasteiger partial charge in [-0.25, -0.2) is 9.78 Å². The van der Waals surface area contributed by atoms with Crippen molar-refractivity contribution in [1.82, 2.24) is 10.3 Å². The second kappa shape index (κ2) is 7.86. The molecule has 0 spiro atoms. The fourth-order valence-electron chi connectivity index (χ4n) is 2.22. The molecule has 0 unspecified atom stereocenters. The lowest BCUT2D eigenvalue weighted by molar-refractivity contribution is 0.0528. The van der Waals surface area contributed by atoms with E-state index >= 15 is 0 Å². The lowest BCUT2D eigenvalue weighted by Crippen LogP contribution is -2.33. The van der Waals surface area contributed by atoms with Gasteiger partial charge in [-0.1, -0.05) is 6.07 Å². The minimum absolute atomic E-state index is 0.393. The quantitative estimate of drug-likeness (QED) is 0.792. The number of carbonyl (C=O) groups excluding carboxylic acids is 1. The number of alkyl carbamates (subject to hydrolysis) is 1. The van der Waals surface area contributed by atoms with E-state index < -0.39 is 11.7 Å². The van der Waals surface area contributed by atoms with Crippen molar-refractivity contribution in [3.05, 3.63) is 30.5 Å². The van der Waals surface area contributed by atoms with Crippen LogP contribution in [0.5, 0.6) is 5.75 Å². The topological polar surface area (TPSA) is 72.5 Å². The van der Waals surface area contributed by atoms with E-state index in [4.69, 9.17) is 9.47 Å². The molecule has 0 aliphatic carbocycles. The monoisotopic (exact) mass is 331 g/mol. The highest BCUT2D eigenvalue weighted by Crippen LogP contribution is 2.25. The predicted octanol–water partition coefficient (Wildman–Crippen LogP) is 3.57. The molecule has 24 heavy (non-hydrogen) atoms. The first-order valence-corrected chi connectivity index (χ1v) is 8.02. The number of aromatic nitrogens is 1. The first-order valence-electron chi connectivity index (χ1n) is 8.02. The Kier molecular flexibility index (Phi) is 5.84. The summed E-state index contributed by atoms with van der Waals surface area (Å²) >= 11 is 0. The number of nitrogens with zero attached hydrogens (tertiary/aromatic N) is 1. The zero-order chi connectivity index (χ0) is 17.6. The third-order valence-corrected chi connectivity index (χ3v) is 3.29. The first-order chi connectivity index (χ1) is 11.4. The van der Waals surface area contributed by atoms with Gasteiger partial charge in [0.15, 0.2) is 0 Å². The van der Waals surface area contributed by atoms with Crippen molar-refractivity contribution in [2.45, 2.75) is 32.8 Å². The fourth-order valence-corrected chi connectivity index (χ4v) is 2.22. The number of amides is 1. The number of benzene rings is 1. The van der Waals surface area contributed by atoms with Crippen LogP contribution in [0, 0.1) is 0 Å². The highest BCUT2D eigenvalue weighted by atomic mass is 16.6. The molecule has 1 aromatic carbocycles. The van der Waals surface area contributed by atoms with Gasteiger partial charge >= 0.3 is 6.09 Å². The molecule has 130 valence electrons. The first kappa shape index (κ1) is 17.8. The van der Waals surface area contributed by atoms with Crippen LogP contribution in [-0.2, 0) is 4.74 Å². The average molecular weight is 331 g/mol. The van der Waals surface area contributed by atoms with Crippen molar-refractivity contribution in [2.75, 3.05) is 25.5 Å². The van der Waals surface area contributed by atoms with Crippen LogP contribution >= 0.6 is 0 Å². The molecule has 0 atom stereocenters. The molecule has 1 aromatic heterocycles. The van der Waals surface area contributed by atoms with Gasteiger partial charge in [0.2, 0.25) is 0 Å². The Morgan fingerprint density at radius 2 is 2.00 bits per heavy atom. The van der Waals surface area contributed by atoms with Crippen LogP contribution in [0.2, 0.25) is 0 Å². The number of hydrogen-bond donors (Lipinski definition) is 2. The summed E-state index contributed by atoms with van der Waals surface area (Å²) in [7, 11) is 1.65. The van der Waals surface area contributed by atoms with Crippen LogP contribution in [0.4, 0.5) is 10.6 Å². The van der Waals surface area contributed by atoms with Crippen LogP contribution in [0.15, 0.2) is 30.5 Å². The van der Waals surface area contributed by atoms with Crippen molar-refractivity contribution >= 4 is 22.7 Å². The van der Waals surface area contributed by atoms with Gasteiger partial charge in [0.1, 0.15) is 17.2 Å². The predicted molar refractivity (Wildman–Crippen MR) is 95.6 cm³/mol. The Hall–Kier alpha value is -2.50. The molecule has 0 bridgehead atoms. The number of nitrogens with one attached hydrogen (secondary N) is 2. The number of rotatable bonds is 6. The molecule has 2 rings (SSSR count). The molecule has 1 amide bonds. The summed E-state index contributed by atoms with van der Waals surface area (Å²) in [5.74, 6) is 1.61. The van der Waals surface area contributed by atoms with Gasteiger partial charge in [0.05, 0.1) is 7.11 Å². The Labute approximate surface area is 142 Å². The highest BCUT2D eigenvalue weighted by molar-refractivity contribution is 5.92. The van der Waals surface area contributed by atoms with Crippen LogP contribution in [0.25, 0.3) is 10.8 Å². The van der Waals surface area contributed by atoms with E-state index in [9.17, 15) is 4.79 Å². The van der Waals surface area contributed by atoms with Crippen molar-refractivity contribution in [3.63, 3.8) is 0 Å². The minimum Gasteiger partial charge on any atom is -0.497 e. The smallest absolute Gasteiger partial charge is 0.407 e. The third-order valence-electron chi connectivity index (χ3n) is 3.29. The molecule has 2 aromatic rings. The van der Waals surface area contributed by atoms with Gasteiger partial charge in [-0.2, -0.15) is 0 Å². The van der Waals surface area contributed by atoms with Gasteiger partial charge < -0.3 is 20.1 Å². The number of hydrogen-bond acceptors (Lipinski definition) is 5. The molecule has 0 aliphatic heterocycles. The summed E-state index contributed by atoms with van der Waals surface area (Å²) in [4.78, 5) is 15.9. The highest BCUT2D eigenvalue weighted by Gasteiger charge is 2.15. The average Bonchev–Trinajstić information content (AvgIpc) is 2.52. The molecular formula is C18H25N3O3. The van der Waals surface area contributed by atoms with Crippen LogP contribution in [0.1, 0.15) is 27.2 Å². The molecule has 6 heteroatoms. The maximum atomic E-state index is 11.6. The third kappa shape index (κ3) is 5.30. The Morgan fingerprint density at radius 1 is 1.21 bits per heavy atom. The lowest BCUT2D eigenvalue weighted by Gasteiger charge is -2.19. The van der Waals surface area contributed by atoms with Crippen LogP contribution in [0.3, 0.4) is 0 Å². The minimum atomic E-state index is -0.478. The normalized spacial score (nSPS) is 11.2. The van der Waals surface area contributed by atoms with E-state index in [0.29, 0.717) is 13.1 Å². The Bertz CT molecular complexity index is 695. The van der Waals surface area contributed by atoms with Gasteiger partial charge in [0, 0.05) is 24.7 Å². The lowest BCUT2D eigenvalue weighted by atomic mass is 10.1. The summed E-state index contributed by atoms with van der Waals surface area (Å²) < 4.78 is 10.5. The van der Waals surface area contributed by atoms with Crippen LogP contribution in [-0.4, -0.2) is 36.9 Å². The number of methoxy groups -OCH3 is 1. The maximum absolute atomic E-state index is 11.6. The zero-order valence-electron chi connectivity index (χ0n) is 14.7. The maximum Gasteiger partial charge on any atom is 0.407 e. The summed E-state index contributed by atoms with van der Waals surface area (Å²) in [5, 5.41) is 8.15. The zero-order valence-corrected chi connectivity index (χ0v) is 14.7. The van der Waals surface area contributed by atoms with E-state index in [1.54, 1.807) is 13.3 Å². The van der Waals surface area contributed by atoms with E-state index in [1.807, 2.05) is 45.0 Å². The molecular weight excluding hydrogens is 306 g/mol. The number of anilines is 1. The van der Waals surface area contributed by atoms with Gasteiger partial charge in [-0.15, -0.1) is 0 Å². The van der Waals surface area contributed by atoms with E-state index in [0.717, 1.165) is 28.8 Å². The second-order valence-electron chi connectivity index (χ2n) is 6.46. The van der Waals surface area contributed by atoms with Crippen molar-refractivity contribution in [1.29, 1.82) is 0 Å². The number of carbonyl (C=O) groups is 1. The molecule has 0 saturated carbocycles. The Balaban J connectivity index is 1.84. The van der Waals surface area contributed by atoms with Gasteiger partial charge in [-0.3, -0.25) is 0 Å². The molecule has 0 radical (unpaired) electrons. The van der Waals surface area contributed by atoms with Crippen molar-refractivity contribution < 1.29 is 14.3 Å². The van der Waals surface area contributed by atoms with Crippen LogP contribution < -0.4 is 15.4 Å². The summed E-state index contributed by atoms with van der Waals surface area (Å²) in [6.07, 6.45) is 2.15. The molecule has 1 heterocycles. The van der Waals surface area contributed by atoms with E-state index in [1.165, 1.54) is 0 Å². The van der Waals surface area contributed by atoms with Gasteiger partial charge in [-0.05, 0) is 50.8 Å². The molecule has 2 N–H and O–H groups in total. The van der Waals surface area contributed by atoms with E-state index in [2.05, 4.69) is 15.6 Å². The molecule has 0 fully saturated rings. The fraction of sp³-hybridized carbons (Fsp3) is 0.444.